The minimum absolute atomic E-state index is 0.906. The van der Waals surface area contributed by atoms with Gasteiger partial charge in [0.25, 0.3) is 0 Å². The molecule has 3 aromatic rings. The Morgan fingerprint density at radius 3 is 2.75 bits per heavy atom. The van der Waals surface area contributed by atoms with E-state index in [0.717, 1.165) is 21.0 Å². The highest BCUT2D eigenvalue weighted by atomic mass is 32.1. The molecule has 2 aromatic carbocycles. The number of thiazole rings is 1. The number of rotatable bonds is 2. The molecule has 3 heteroatoms. The second-order valence-electron chi connectivity index (χ2n) is 3.39. The van der Waals surface area contributed by atoms with Gasteiger partial charge >= 0.3 is 0 Å². The molecule has 0 unspecified atom stereocenters. The van der Waals surface area contributed by atoms with Gasteiger partial charge in [-0.2, -0.15) is 0 Å². The van der Waals surface area contributed by atoms with Gasteiger partial charge in [-0.3, -0.25) is 0 Å². The predicted octanol–water partition coefficient (Wildman–Crippen LogP) is 3.84. The van der Waals surface area contributed by atoms with Crippen LogP contribution in [0.3, 0.4) is 0 Å². The van der Waals surface area contributed by atoms with Gasteiger partial charge < -0.3 is 5.32 Å². The Labute approximate surface area is 97.6 Å². The van der Waals surface area contributed by atoms with Crippen molar-refractivity contribution < 1.29 is 0 Å². The molecule has 0 atom stereocenters. The molecule has 0 bridgehead atoms. The molecule has 1 heterocycles. The first-order valence-corrected chi connectivity index (χ1v) is 5.83. The summed E-state index contributed by atoms with van der Waals surface area (Å²) in [5, 5.41) is 4.19. The number of para-hydroxylation sites is 2. The Kier molecular flexibility index (Phi) is 2.31. The van der Waals surface area contributed by atoms with Crippen LogP contribution in [0.4, 0.5) is 10.8 Å². The molecule has 0 aliphatic rings. The maximum atomic E-state index is 4.46. The molecule has 1 N–H and O–H groups in total. The molecule has 1 aromatic heterocycles. The zero-order chi connectivity index (χ0) is 10.8. The lowest BCUT2D eigenvalue weighted by Crippen LogP contribution is -1.87. The smallest absolute Gasteiger partial charge is 0.188 e. The largest absolute Gasteiger partial charge is 0.332 e. The average Bonchev–Trinajstić information content (AvgIpc) is 2.72. The Hall–Kier alpha value is -1.87. The van der Waals surface area contributed by atoms with Crippen molar-refractivity contribution in [3.05, 3.63) is 54.6 Å². The molecule has 2 nitrogen and oxygen atoms in total. The van der Waals surface area contributed by atoms with Crippen molar-refractivity contribution in [2.24, 2.45) is 0 Å². The van der Waals surface area contributed by atoms with E-state index >= 15 is 0 Å². The summed E-state index contributed by atoms with van der Waals surface area (Å²) in [5.41, 5.74) is 1.98. The third-order valence-electron chi connectivity index (χ3n) is 2.24. The summed E-state index contributed by atoms with van der Waals surface area (Å²) >= 11 is 1.64. The van der Waals surface area contributed by atoms with Crippen molar-refractivity contribution in [2.75, 3.05) is 5.32 Å². The molecule has 0 aliphatic carbocycles. The third kappa shape index (κ3) is 1.77. The topological polar surface area (TPSA) is 24.9 Å². The van der Waals surface area contributed by atoms with Gasteiger partial charge in [-0.25, -0.2) is 4.98 Å². The monoisotopic (exact) mass is 225 g/mol. The molecule has 16 heavy (non-hydrogen) atoms. The van der Waals surface area contributed by atoms with Crippen molar-refractivity contribution in [1.82, 2.24) is 4.98 Å². The number of nitrogens with zero attached hydrogens (tertiary/aromatic N) is 1. The van der Waals surface area contributed by atoms with Gasteiger partial charge in [0, 0.05) is 11.8 Å². The van der Waals surface area contributed by atoms with E-state index in [0.29, 0.717) is 0 Å². The normalized spacial score (nSPS) is 10.5. The summed E-state index contributed by atoms with van der Waals surface area (Å²) in [4.78, 5) is 4.46. The van der Waals surface area contributed by atoms with Crippen LogP contribution in [-0.4, -0.2) is 4.98 Å². The van der Waals surface area contributed by atoms with Crippen LogP contribution in [0.1, 0.15) is 0 Å². The van der Waals surface area contributed by atoms with Crippen LogP contribution >= 0.6 is 11.3 Å². The van der Waals surface area contributed by atoms with Crippen LogP contribution in [0.15, 0.2) is 48.5 Å². The number of hydrogen-bond acceptors (Lipinski definition) is 3. The molecule has 0 amide bonds. The summed E-state index contributed by atoms with van der Waals surface area (Å²) in [5.74, 6) is 0. The Morgan fingerprint density at radius 2 is 1.94 bits per heavy atom. The van der Waals surface area contributed by atoms with Crippen LogP contribution in [0.5, 0.6) is 0 Å². The second-order valence-corrected chi connectivity index (χ2v) is 4.42. The molecule has 0 aliphatic heterocycles. The molecule has 0 saturated heterocycles. The molecular formula is C13H9N2S. The predicted molar refractivity (Wildman–Crippen MR) is 68.2 cm³/mol. The van der Waals surface area contributed by atoms with Crippen LogP contribution < -0.4 is 5.32 Å². The van der Waals surface area contributed by atoms with E-state index in [1.165, 1.54) is 0 Å². The second kappa shape index (κ2) is 3.94. The number of benzene rings is 2. The first-order chi connectivity index (χ1) is 7.92. The van der Waals surface area contributed by atoms with Gasteiger partial charge in [0.1, 0.15) is 0 Å². The van der Waals surface area contributed by atoms with Crippen molar-refractivity contribution in [1.29, 1.82) is 0 Å². The highest BCUT2D eigenvalue weighted by Crippen LogP contribution is 2.27. The molecule has 0 spiro atoms. The van der Waals surface area contributed by atoms with E-state index in [1.54, 1.807) is 11.3 Å². The highest BCUT2D eigenvalue weighted by molar-refractivity contribution is 7.22. The third-order valence-corrected chi connectivity index (χ3v) is 3.18. The lowest BCUT2D eigenvalue weighted by Gasteiger charge is -1.99. The fourth-order valence-electron chi connectivity index (χ4n) is 1.51. The number of fused-ring (bicyclic) bond motifs is 1. The molecular weight excluding hydrogens is 216 g/mol. The number of aromatic nitrogens is 1. The van der Waals surface area contributed by atoms with E-state index < -0.39 is 0 Å². The lowest BCUT2D eigenvalue weighted by molar-refractivity contribution is 1.44. The number of anilines is 2. The summed E-state index contributed by atoms with van der Waals surface area (Å²) in [7, 11) is 0. The first-order valence-electron chi connectivity index (χ1n) is 5.01. The maximum Gasteiger partial charge on any atom is 0.188 e. The van der Waals surface area contributed by atoms with Crippen molar-refractivity contribution in [2.45, 2.75) is 0 Å². The maximum absolute atomic E-state index is 4.46. The molecule has 3 rings (SSSR count). The zero-order valence-corrected chi connectivity index (χ0v) is 9.29. The fraction of sp³-hybridized carbons (Fsp3) is 0. The van der Waals surface area contributed by atoms with Crippen LogP contribution in [-0.2, 0) is 0 Å². The van der Waals surface area contributed by atoms with Gasteiger partial charge in [0.05, 0.1) is 10.2 Å². The summed E-state index contributed by atoms with van der Waals surface area (Å²) in [6, 6.07) is 19.1. The average molecular weight is 225 g/mol. The quantitative estimate of drug-likeness (QED) is 0.716. The van der Waals surface area contributed by atoms with E-state index in [9.17, 15) is 0 Å². The van der Waals surface area contributed by atoms with E-state index in [-0.39, 0.29) is 0 Å². The summed E-state index contributed by atoms with van der Waals surface area (Å²) in [6.45, 7) is 0. The standard InChI is InChI=1S/C13H9N2S/c1-2-6-10(7-3-1)14-13-15-11-8-4-5-9-12(11)16-13/h1-7,9H,(H,14,15). The van der Waals surface area contributed by atoms with E-state index in [4.69, 9.17) is 0 Å². The van der Waals surface area contributed by atoms with Gasteiger partial charge in [-0.1, -0.05) is 41.7 Å². The van der Waals surface area contributed by atoms with E-state index in [2.05, 4.69) is 22.4 Å². The molecule has 0 saturated carbocycles. The minimum atomic E-state index is 0.906. The van der Waals surface area contributed by atoms with Crippen molar-refractivity contribution in [3.63, 3.8) is 0 Å². The number of hydrogen-bond donors (Lipinski definition) is 1. The highest BCUT2D eigenvalue weighted by Gasteiger charge is 2.02. The van der Waals surface area contributed by atoms with E-state index in [1.807, 2.05) is 42.5 Å². The first kappa shape index (κ1) is 9.36. The summed E-state index contributed by atoms with van der Waals surface area (Å²) in [6.07, 6.45) is 0. The summed E-state index contributed by atoms with van der Waals surface area (Å²) < 4.78 is 1.15. The van der Waals surface area contributed by atoms with Gasteiger partial charge in [0.2, 0.25) is 0 Å². The molecule has 0 fully saturated rings. The SMILES string of the molecule is [c]1cccc2sc(Nc3ccccc3)nc12. The van der Waals surface area contributed by atoms with Crippen LogP contribution in [0, 0.1) is 6.07 Å². The number of nitrogens with one attached hydrogen (secondary N) is 1. The van der Waals surface area contributed by atoms with Gasteiger partial charge in [-0.15, -0.1) is 0 Å². The van der Waals surface area contributed by atoms with Gasteiger partial charge in [0.15, 0.2) is 5.13 Å². The minimum Gasteiger partial charge on any atom is -0.332 e. The fourth-order valence-corrected chi connectivity index (χ4v) is 2.37. The zero-order valence-electron chi connectivity index (χ0n) is 8.47. The van der Waals surface area contributed by atoms with Crippen molar-refractivity contribution >= 4 is 32.4 Å². The van der Waals surface area contributed by atoms with Crippen molar-refractivity contribution in [3.8, 4) is 0 Å². The lowest BCUT2D eigenvalue weighted by atomic mass is 10.3. The molecule has 77 valence electrons. The van der Waals surface area contributed by atoms with Crippen LogP contribution in [0.25, 0.3) is 10.2 Å². The van der Waals surface area contributed by atoms with Crippen LogP contribution in [0.2, 0.25) is 0 Å². The Morgan fingerprint density at radius 1 is 1.06 bits per heavy atom. The van der Waals surface area contributed by atoms with Gasteiger partial charge in [-0.05, 0) is 18.2 Å². The molecule has 1 radical (unpaired) electrons. The Balaban J connectivity index is 1.95. The Bertz CT molecular complexity index is 568.